The van der Waals surface area contributed by atoms with Crippen LogP contribution in [0, 0.1) is 0 Å². The van der Waals surface area contributed by atoms with Crippen LogP contribution in [-0.2, 0) is 19.6 Å². The fourth-order valence-electron chi connectivity index (χ4n) is 5.52. The average molecular weight is 461 g/mol. The molecule has 0 radical (unpaired) electrons. The number of hydrogen-bond donors (Lipinski definition) is 0. The number of anilines is 2. The van der Waals surface area contributed by atoms with Crippen LogP contribution in [0.4, 0.5) is 11.4 Å². The molecule has 4 aliphatic rings. The number of nitrogens with zero attached hydrogens (tertiary/aromatic N) is 4. The highest BCUT2D eigenvalue weighted by Gasteiger charge is 2.41. The van der Waals surface area contributed by atoms with Crippen LogP contribution in [0.3, 0.4) is 0 Å². The molecule has 2 amide bonds. The third-order valence-corrected chi connectivity index (χ3v) is 9.20. The van der Waals surface area contributed by atoms with E-state index in [-0.39, 0.29) is 29.3 Å². The van der Waals surface area contributed by atoms with Gasteiger partial charge >= 0.3 is 0 Å². The molecule has 1 aromatic rings. The Bertz CT molecular complexity index is 999. The number of carbonyl (C=O) groups excluding carboxylic acids is 2. The molecule has 0 aliphatic carbocycles. The van der Waals surface area contributed by atoms with Crippen LogP contribution >= 0.6 is 0 Å². The quantitative estimate of drug-likeness (QED) is 0.688. The maximum atomic E-state index is 13.5. The van der Waals surface area contributed by atoms with Crippen molar-refractivity contribution < 1.29 is 18.0 Å². The predicted molar refractivity (Wildman–Crippen MR) is 122 cm³/mol. The Morgan fingerprint density at radius 2 is 1.56 bits per heavy atom. The van der Waals surface area contributed by atoms with E-state index < -0.39 is 10.0 Å². The summed E-state index contributed by atoms with van der Waals surface area (Å²) in [5.41, 5.74) is 1.42. The zero-order valence-corrected chi connectivity index (χ0v) is 19.4. The van der Waals surface area contributed by atoms with E-state index >= 15 is 0 Å². The molecule has 174 valence electrons. The van der Waals surface area contributed by atoms with E-state index in [1.807, 2.05) is 11.0 Å². The largest absolute Gasteiger partial charge is 0.358 e. The van der Waals surface area contributed by atoms with Crippen molar-refractivity contribution in [1.29, 1.82) is 0 Å². The number of benzene rings is 1. The van der Waals surface area contributed by atoms with Crippen molar-refractivity contribution in [2.75, 3.05) is 49.1 Å². The first-order chi connectivity index (χ1) is 15.5. The maximum Gasteiger partial charge on any atom is 0.250 e. The lowest BCUT2D eigenvalue weighted by Gasteiger charge is -2.45. The van der Waals surface area contributed by atoms with Crippen molar-refractivity contribution in [3.8, 4) is 0 Å². The molecule has 8 nitrogen and oxygen atoms in total. The van der Waals surface area contributed by atoms with E-state index in [0.29, 0.717) is 18.8 Å². The standard InChI is InChI=1S/C23H32N4O4S/c28-22(24-11-3-1-4-12-24)17-27-21-16-18(32(30,31)25-13-6-7-14-25)9-10-19(21)26-15-5-2-8-20(26)23(27)29/h9-10,16,20H,1-8,11-15,17H2/t20-/m0/s1. The Labute approximate surface area is 190 Å². The minimum Gasteiger partial charge on any atom is -0.358 e. The van der Waals surface area contributed by atoms with Gasteiger partial charge in [-0.1, -0.05) is 0 Å². The maximum absolute atomic E-state index is 13.5. The summed E-state index contributed by atoms with van der Waals surface area (Å²) in [4.78, 5) is 32.3. The monoisotopic (exact) mass is 460 g/mol. The molecule has 1 atom stereocenters. The van der Waals surface area contributed by atoms with Crippen molar-refractivity contribution in [3.63, 3.8) is 0 Å². The van der Waals surface area contributed by atoms with Crippen LogP contribution in [-0.4, -0.2) is 74.7 Å². The van der Waals surface area contributed by atoms with Gasteiger partial charge in [0.2, 0.25) is 21.8 Å². The highest BCUT2D eigenvalue weighted by Crippen LogP contribution is 2.41. The Hall–Kier alpha value is -2.13. The van der Waals surface area contributed by atoms with E-state index in [1.54, 1.807) is 17.0 Å². The van der Waals surface area contributed by atoms with Crippen molar-refractivity contribution in [3.05, 3.63) is 18.2 Å². The normalized spacial score (nSPS) is 24.4. The summed E-state index contributed by atoms with van der Waals surface area (Å²) in [6.45, 7) is 3.27. The molecular weight excluding hydrogens is 428 g/mol. The first-order valence-electron chi connectivity index (χ1n) is 12.0. The van der Waals surface area contributed by atoms with E-state index in [4.69, 9.17) is 0 Å². The van der Waals surface area contributed by atoms with Gasteiger partial charge in [0.15, 0.2) is 0 Å². The average Bonchev–Trinajstić information content (AvgIpc) is 3.38. The molecule has 9 heteroatoms. The number of piperidine rings is 2. The Kier molecular flexibility index (Phi) is 5.88. The van der Waals surface area contributed by atoms with Gasteiger partial charge in [-0.2, -0.15) is 4.31 Å². The topological polar surface area (TPSA) is 81.2 Å². The highest BCUT2D eigenvalue weighted by atomic mass is 32.2. The van der Waals surface area contributed by atoms with Crippen molar-refractivity contribution in [1.82, 2.24) is 9.21 Å². The molecule has 3 saturated heterocycles. The van der Waals surface area contributed by atoms with Gasteiger partial charge in [-0.25, -0.2) is 8.42 Å². The van der Waals surface area contributed by atoms with Crippen molar-refractivity contribution in [2.24, 2.45) is 0 Å². The van der Waals surface area contributed by atoms with E-state index in [0.717, 1.165) is 76.7 Å². The molecule has 0 spiro atoms. The van der Waals surface area contributed by atoms with E-state index in [9.17, 15) is 18.0 Å². The smallest absolute Gasteiger partial charge is 0.250 e. The number of amides is 2. The minimum atomic E-state index is -3.61. The van der Waals surface area contributed by atoms with Gasteiger partial charge in [-0.3, -0.25) is 14.5 Å². The molecule has 0 saturated carbocycles. The summed E-state index contributed by atoms with van der Waals surface area (Å²) in [6, 6.07) is 4.85. The van der Waals surface area contributed by atoms with Crippen LogP contribution in [0.5, 0.6) is 0 Å². The minimum absolute atomic E-state index is 0.0244. The van der Waals surface area contributed by atoms with Gasteiger partial charge in [0.1, 0.15) is 12.6 Å². The summed E-state index contributed by atoms with van der Waals surface area (Å²) in [5.74, 6) is -0.139. The summed E-state index contributed by atoms with van der Waals surface area (Å²) in [5, 5.41) is 0. The Morgan fingerprint density at radius 1 is 0.875 bits per heavy atom. The van der Waals surface area contributed by atoms with Crippen LogP contribution in [0.15, 0.2) is 23.1 Å². The number of fused-ring (bicyclic) bond motifs is 3. The van der Waals surface area contributed by atoms with Crippen LogP contribution < -0.4 is 9.80 Å². The van der Waals surface area contributed by atoms with Crippen LogP contribution in [0.25, 0.3) is 0 Å². The molecule has 3 fully saturated rings. The molecule has 0 unspecified atom stereocenters. The van der Waals surface area contributed by atoms with Crippen molar-refractivity contribution >= 4 is 33.2 Å². The zero-order valence-electron chi connectivity index (χ0n) is 18.5. The van der Waals surface area contributed by atoms with Gasteiger partial charge in [-0.15, -0.1) is 0 Å². The van der Waals surface area contributed by atoms with Crippen LogP contribution in [0.1, 0.15) is 51.4 Å². The summed E-state index contributed by atoms with van der Waals surface area (Å²) in [6.07, 6.45) is 7.60. The second kappa shape index (κ2) is 8.67. The fraction of sp³-hybridized carbons (Fsp3) is 0.652. The molecule has 32 heavy (non-hydrogen) atoms. The summed E-state index contributed by atoms with van der Waals surface area (Å²) < 4.78 is 27.9. The molecular formula is C23H32N4O4S. The van der Waals surface area contributed by atoms with Crippen LogP contribution in [0.2, 0.25) is 0 Å². The molecule has 0 N–H and O–H groups in total. The lowest BCUT2D eigenvalue weighted by atomic mass is 9.96. The first-order valence-corrected chi connectivity index (χ1v) is 13.4. The van der Waals surface area contributed by atoms with Gasteiger partial charge in [-0.05, 0) is 69.6 Å². The van der Waals surface area contributed by atoms with E-state index in [2.05, 4.69) is 4.90 Å². The number of sulfonamides is 1. The molecule has 4 aliphatic heterocycles. The van der Waals surface area contributed by atoms with E-state index in [1.165, 1.54) is 4.31 Å². The summed E-state index contributed by atoms with van der Waals surface area (Å²) in [7, 11) is -3.61. The van der Waals surface area contributed by atoms with Gasteiger partial charge in [0, 0.05) is 32.7 Å². The number of carbonyl (C=O) groups is 2. The second-order valence-electron chi connectivity index (χ2n) is 9.33. The first kappa shape index (κ1) is 21.7. The number of likely N-dealkylation sites (tertiary alicyclic amines) is 1. The third kappa shape index (κ3) is 3.79. The number of rotatable bonds is 4. The molecule has 4 heterocycles. The Morgan fingerprint density at radius 3 is 2.31 bits per heavy atom. The predicted octanol–water partition coefficient (Wildman–Crippen LogP) is 2.19. The molecule has 1 aromatic carbocycles. The second-order valence-corrected chi connectivity index (χ2v) is 11.3. The highest BCUT2D eigenvalue weighted by molar-refractivity contribution is 7.89. The fourth-order valence-corrected chi connectivity index (χ4v) is 7.05. The lowest BCUT2D eigenvalue weighted by Crippen LogP contribution is -2.57. The molecule has 5 rings (SSSR count). The van der Waals surface area contributed by atoms with Gasteiger partial charge in [0.25, 0.3) is 0 Å². The molecule has 0 aromatic heterocycles. The van der Waals surface area contributed by atoms with Crippen molar-refractivity contribution in [2.45, 2.75) is 62.3 Å². The zero-order chi connectivity index (χ0) is 22.3. The SMILES string of the molecule is O=C(CN1C(=O)[C@@H]2CCCCN2c2ccc(S(=O)(=O)N3CCCC3)cc21)N1CCCCC1. The van der Waals surface area contributed by atoms with Gasteiger partial charge in [0.05, 0.1) is 16.3 Å². The molecule has 0 bridgehead atoms. The lowest BCUT2D eigenvalue weighted by molar-refractivity contribution is -0.132. The summed E-state index contributed by atoms with van der Waals surface area (Å²) >= 11 is 0. The third-order valence-electron chi connectivity index (χ3n) is 7.31. The van der Waals surface area contributed by atoms with Gasteiger partial charge < -0.3 is 9.80 Å². The number of hydrogen-bond acceptors (Lipinski definition) is 5. The Balaban J connectivity index is 1.51.